The third-order valence-electron chi connectivity index (χ3n) is 15.1. The predicted molar refractivity (Wildman–Crippen MR) is 317 cm³/mol. The maximum atomic E-state index is 13.4. The van der Waals surface area contributed by atoms with Gasteiger partial charge in [-0.1, -0.05) is 62.3 Å². The third kappa shape index (κ3) is 28.3. The van der Waals surface area contributed by atoms with Crippen LogP contribution in [0.2, 0.25) is 0 Å². The Morgan fingerprint density at radius 3 is 1.26 bits per heavy atom. The lowest BCUT2D eigenvalue weighted by atomic mass is 9.78. The van der Waals surface area contributed by atoms with Crippen LogP contribution in [-0.4, -0.2) is 126 Å². The minimum absolute atomic E-state index is 0.0144. The van der Waals surface area contributed by atoms with Crippen LogP contribution < -0.4 is 0 Å². The molecule has 0 spiro atoms. The molecule has 12 atom stereocenters. The van der Waals surface area contributed by atoms with Gasteiger partial charge in [-0.05, 0) is 188 Å². The summed E-state index contributed by atoms with van der Waals surface area (Å²) in [6.07, 6.45) is 22.8. The number of aliphatic hydroxyl groups is 3. The van der Waals surface area contributed by atoms with E-state index in [9.17, 15) is 24.9 Å². The van der Waals surface area contributed by atoms with E-state index in [0.29, 0.717) is 63.6 Å². The molecule has 414 valence electrons. The highest BCUT2D eigenvalue weighted by molar-refractivity contribution is 8.01. The van der Waals surface area contributed by atoms with Gasteiger partial charge in [0.1, 0.15) is 0 Å². The van der Waals surface area contributed by atoms with Crippen molar-refractivity contribution in [2.75, 3.05) is 67.6 Å². The third-order valence-corrected chi connectivity index (χ3v) is 25.0. The Kier molecular flexibility index (Phi) is 40.2. The quantitative estimate of drug-likeness (QED) is 0.0398. The van der Waals surface area contributed by atoms with Crippen LogP contribution in [0.5, 0.6) is 0 Å². The van der Waals surface area contributed by atoms with Crippen molar-refractivity contribution in [3.8, 4) is 0 Å². The summed E-state index contributed by atoms with van der Waals surface area (Å²) < 4.78 is 11.8. The minimum atomic E-state index is -0.0812. The smallest absolute Gasteiger partial charge is 0.308 e. The fraction of sp³-hybridized carbons (Fsp3) is 0.965. The van der Waals surface area contributed by atoms with E-state index in [1.807, 2.05) is 35.3 Å². The lowest BCUT2D eigenvalue weighted by Crippen LogP contribution is -2.33. The number of hydrogen-bond acceptors (Lipinski definition) is 13. The second kappa shape index (κ2) is 42.0. The average molecular weight is 1100 g/mol. The highest BCUT2D eigenvalue weighted by atomic mass is 32.2. The zero-order valence-electron chi connectivity index (χ0n) is 46.1. The van der Waals surface area contributed by atoms with Gasteiger partial charge in [-0.3, -0.25) is 9.59 Å². The Balaban J connectivity index is 1.76. The zero-order chi connectivity index (χ0) is 51.5. The zero-order valence-corrected chi connectivity index (χ0v) is 51.0. The standard InChI is InChI=1S/C57H108O7S6/c1-10-34-65-50(42(4)5)25-17-44(8)52(66-35-11-2)27-23-46-19-21-48(40-54(46)67-36-12-3)56(61)63-32-15-13-14-16-33-64-57(62)49-22-20-47(55(41-49)70-39-31-60)24-28-53(69-38-30-59)45(9)18-26-51(43(6)7)68-37-29-58/h42-55,58-60H,10-41H2,1-9H3. The van der Waals surface area contributed by atoms with Gasteiger partial charge in [0.2, 0.25) is 0 Å². The number of rotatable bonds is 43. The molecule has 0 saturated heterocycles. The molecule has 13 heteroatoms. The monoisotopic (exact) mass is 1100 g/mol. The fourth-order valence-electron chi connectivity index (χ4n) is 10.7. The molecule has 7 nitrogen and oxygen atoms in total. The average Bonchev–Trinajstić information content (AvgIpc) is 3.35. The summed E-state index contributed by atoms with van der Waals surface area (Å²) in [5, 5.41) is 32.2. The lowest BCUT2D eigenvalue weighted by molar-refractivity contribution is -0.151. The van der Waals surface area contributed by atoms with Crippen LogP contribution in [0.3, 0.4) is 0 Å². The maximum absolute atomic E-state index is 13.4. The molecule has 2 aliphatic carbocycles. The van der Waals surface area contributed by atoms with E-state index in [1.54, 1.807) is 0 Å². The number of ether oxygens (including phenoxy) is 2. The second-order valence-corrected chi connectivity index (χ2v) is 29.8. The first-order valence-electron chi connectivity index (χ1n) is 28.7. The van der Waals surface area contributed by atoms with Crippen molar-refractivity contribution in [2.45, 2.75) is 229 Å². The Hall–Kier alpha value is 0.920. The molecule has 0 aromatic carbocycles. The molecule has 0 aromatic heterocycles. The predicted octanol–water partition coefficient (Wildman–Crippen LogP) is 15.0. The highest BCUT2D eigenvalue weighted by Gasteiger charge is 2.37. The molecule has 0 radical (unpaired) electrons. The molecule has 0 bridgehead atoms. The molecule has 3 N–H and O–H groups in total. The first kappa shape index (κ1) is 67.0. The van der Waals surface area contributed by atoms with Gasteiger partial charge in [-0.25, -0.2) is 0 Å². The lowest BCUT2D eigenvalue weighted by Gasteiger charge is -2.36. The summed E-state index contributed by atoms with van der Waals surface area (Å²) >= 11 is 12.2. The van der Waals surface area contributed by atoms with Crippen LogP contribution in [0.1, 0.15) is 197 Å². The van der Waals surface area contributed by atoms with E-state index < -0.39 is 0 Å². The number of carbonyl (C=O) groups excluding carboxylic acids is 2. The maximum Gasteiger partial charge on any atom is 0.308 e. The van der Waals surface area contributed by atoms with Crippen LogP contribution in [0.25, 0.3) is 0 Å². The number of unbranched alkanes of at least 4 members (excludes halogenated alkanes) is 3. The van der Waals surface area contributed by atoms with Gasteiger partial charge in [0.25, 0.3) is 0 Å². The second-order valence-electron chi connectivity index (χ2n) is 21.7. The van der Waals surface area contributed by atoms with Gasteiger partial charge in [0.05, 0.1) is 44.9 Å². The van der Waals surface area contributed by atoms with Gasteiger partial charge in [-0.15, -0.1) is 0 Å². The molecule has 2 saturated carbocycles. The summed E-state index contributed by atoms with van der Waals surface area (Å²) in [5.74, 6) is 9.64. The highest BCUT2D eigenvalue weighted by Crippen LogP contribution is 2.43. The van der Waals surface area contributed by atoms with E-state index in [1.165, 1.54) is 62.2 Å². The van der Waals surface area contributed by atoms with Gasteiger partial charge in [0, 0.05) is 48.8 Å². The first-order valence-corrected chi connectivity index (χ1v) is 35.0. The van der Waals surface area contributed by atoms with Crippen molar-refractivity contribution < 1.29 is 34.4 Å². The van der Waals surface area contributed by atoms with Crippen molar-refractivity contribution in [1.29, 1.82) is 0 Å². The van der Waals surface area contributed by atoms with Crippen LogP contribution >= 0.6 is 70.6 Å². The summed E-state index contributed by atoms with van der Waals surface area (Å²) in [6, 6.07) is 0. The Morgan fingerprint density at radius 1 is 0.471 bits per heavy atom. The molecular weight excluding hydrogens is 989 g/mol. The largest absolute Gasteiger partial charge is 0.465 e. The molecule has 0 aromatic rings. The Morgan fingerprint density at radius 2 is 0.857 bits per heavy atom. The van der Waals surface area contributed by atoms with E-state index >= 15 is 0 Å². The normalized spacial score (nSPS) is 23.5. The Labute approximate surface area is 457 Å². The summed E-state index contributed by atoms with van der Waals surface area (Å²) in [7, 11) is 0. The van der Waals surface area contributed by atoms with Crippen LogP contribution in [0, 0.1) is 47.3 Å². The molecule has 2 aliphatic rings. The van der Waals surface area contributed by atoms with Crippen LogP contribution in [0.15, 0.2) is 0 Å². The number of carbonyl (C=O) groups is 2. The number of hydrogen-bond donors (Lipinski definition) is 3. The van der Waals surface area contributed by atoms with Gasteiger partial charge >= 0.3 is 11.9 Å². The van der Waals surface area contributed by atoms with Crippen molar-refractivity contribution >= 4 is 82.5 Å². The Bertz CT molecular complexity index is 1190. The fourth-order valence-corrected chi connectivity index (χ4v) is 18.3. The molecule has 0 aliphatic heterocycles. The molecule has 2 rings (SSSR count). The molecule has 12 unspecified atom stereocenters. The molecule has 0 amide bonds. The van der Waals surface area contributed by atoms with Gasteiger partial charge in [-0.2, -0.15) is 70.6 Å². The molecule has 2 fully saturated rings. The molecule has 0 heterocycles. The first-order chi connectivity index (χ1) is 33.8. The number of esters is 2. The van der Waals surface area contributed by atoms with Gasteiger partial charge < -0.3 is 24.8 Å². The van der Waals surface area contributed by atoms with Crippen molar-refractivity contribution in [2.24, 2.45) is 47.3 Å². The van der Waals surface area contributed by atoms with E-state index in [4.69, 9.17) is 9.47 Å². The molecule has 70 heavy (non-hydrogen) atoms. The van der Waals surface area contributed by atoms with E-state index in [-0.39, 0.29) is 43.6 Å². The van der Waals surface area contributed by atoms with Crippen molar-refractivity contribution in [3.63, 3.8) is 0 Å². The minimum Gasteiger partial charge on any atom is -0.465 e. The van der Waals surface area contributed by atoms with Crippen LogP contribution in [-0.2, 0) is 19.1 Å². The number of aliphatic hydroxyl groups excluding tert-OH is 3. The summed E-state index contributed by atoms with van der Waals surface area (Å²) in [6.45, 7) is 22.7. The van der Waals surface area contributed by atoms with E-state index in [0.717, 1.165) is 124 Å². The topological polar surface area (TPSA) is 113 Å². The van der Waals surface area contributed by atoms with Crippen molar-refractivity contribution in [3.05, 3.63) is 0 Å². The van der Waals surface area contributed by atoms with E-state index in [2.05, 4.69) is 97.6 Å². The van der Waals surface area contributed by atoms with Gasteiger partial charge in [0.15, 0.2) is 0 Å². The molecular formula is C57H108O7S6. The van der Waals surface area contributed by atoms with Crippen molar-refractivity contribution in [1.82, 2.24) is 0 Å². The SMILES string of the molecule is CCCSC(CCC(C)C(CCC1CCC(C(=O)OCCCCCCOC(=O)C2CCC(CCC(SCCO)C(C)CCC(SCCO)C(C)C)C(SCCO)C2)CC1SCCC)SCCC)C(C)C. The van der Waals surface area contributed by atoms with Crippen LogP contribution in [0.4, 0.5) is 0 Å². The summed E-state index contributed by atoms with van der Waals surface area (Å²) in [4.78, 5) is 26.7. The number of thioether (sulfide) groups is 6. The summed E-state index contributed by atoms with van der Waals surface area (Å²) in [5.41, 5.74) is 0.